The standard InChI is InChI=1S/C12H15NO4S/c1-12(2,3)17-11(14)8-18-10-6-4-9(5-7-10)13(15)16/h4-7H,8H2,1-3H3. The number of nitro groups is 1. The Morgan fingerprint density at radius 3 is 2.33 bits per heavy atom. The smallest absolute Gasteiger partial charge is 0.316 e. The van der Waals surface area contributed by atoms with E-state index >= 15 is 0 Å². The zero-order chi connectivity index (χ0) is 13.8. The maximum Gasteiger partial charge on any atom is 0.316 e. The Balaban J connectivity index is 2.49. The summed E-state index contributed by atoms with van der Waals surface area (Å²) >= 11 is 1.29. The van der Waals surface area contributed by atoms with Gasteiger partial charge in [0.2, 0.25) is 0 Å². The Morgan fingerprint density at radius 1 is 1.33 bits per heavy atom. The molecule has 0 fully saturated rings. The molecule has 5 nitrogen and oxygen atoms in total. The van der Waals surface area contributed by atoms with Gasteiger partial charge in [0, 0.05) is 17.0 Å². The molecule has 0 aliphatic carbocycles. The zero-order valence-corrected chi connectivity index (χ0v) is 11.3. The Morgan fingerprint density at radius 2 is 1.89 bits per heavy atom. The van der Waals surface area contributed by atoms with Crippen LogP contribution in [-0.4, -0.2) is 22.2 Å². The van der Waals surface area contributed by atoms with E-state index < -0.39 is 10.5 Å². The molecule has 0 unspecified atom stereocenters. The lowest BCUT2D eigenvalue weighted by atomic mass is 10.2. The van der Waals surface area contributed by atoms with E-state index in [-0.39, 0.29) is 17.4 Å². The average Bonchev–Trinajstić information content (AvgIpc) is 2.24. The fourth-order valence-electron chi connectivity index (χ4n) is 1.18. The number of thioether (sulfide) groups is 1. The summed E-state index contributed by atoms with van der Waals surface area (Å²) < 4.78 is 5.15. The van der Waals surface area contributed by atoms with Crippen LogP contribution in [0.5, 0.6) is 0 Å². The summed E-state index contributed by atoms with van der Waals surface area (Å²) in [6.07, 6.45) is 0. The number of esters is 1. The normalized spacial score (nSPS) is 11.1. The van der Waals surface area contributed by atoms with Crippen LogP contribution < -0.4 is 0 Å². The van der Waals surface area contributed by atoms with Crippen LogP contribution in [0.3, 0.4) is 0 Å². The molecule has 6 heteroatoms. The number of benzene rings is 1. The lowest BCUT2D eigenvalue weighted by Crippen LogP contribution is -2.24. The molecule has 0 saturated carbocycles. The van der Waals surface area contributed by atoms with E-state index in [1.807, 2.05) is 0 Å². The number of carbonyl (C=O) groups excluding carboxylic acids is 1. The minimum absolute atomic E-state index is 0.0385. The number of nitrogens with zero attached hydrogens (tertiary/aromatic N) is 1. The van der Waals surface area contributed by atoms with Crippen molar-refractivity contribution in [3.63, 3.8) is 0 Å². The third-order valence-corrected chi connectivity index (χ3v) is 2.81. The van der Waals surface area contributed by atoms with Gasteiger partial charge in [-0.15, -0.1) is 11.8 Å². The van der Waals surface area contributed by atoms with E-state index in [0.29, 0.717) is 0 Å². The quantitative estimate of drug-likeness (QED) is 0.363. The van der Waals surface area contributed by atoms with Crippen molar-refractivity contribution < 1.29 is 14.5 Å². The Labute approximate surface area is 110 Å². The van der Waals surface area contributed by atoms with Crippen molar-refractivity contribution in [2.45, 2.75) is 31.3 Å². The SMILES string of the molecule is CC(C)(C)OC(=O)CSc1ccc([N+](=O)[O-])cc1. The fraction of sp³-hybridized carbons (Fsp3) is 0.417. The van der Waals surface area contributed by atoms with Crippen molar-refractivity contribution >= 4 is 23.4 Å². The van der Waals surface area contributed by atoms with E-state index in [4.69, 9.17) is 4.74 Å². The van der Waals surface area contributed by atoms with Crippen molar-refractivity contribution in [3.05, 3.63) is 34.4 Å². The first-order valence-corrected chi connectivity index (χ1v) is 6.35. The van der Waals surface area contributed by atoms with Gasteiger partial charge in [-0.05, 0) is 32.9 Å². The van der Waals surface area contributed by atoms with Crippen molar-refractivity contribution in [2.24, 2.45) is 0 Å². The summed E-state index contributed by atoms with van der Waals surface area (Å²) in [6.45, 7) is 5.42. The molecule has 0 aliphatic rings. The molecule has 0 amide bonds. The molecule has 0 saturated heterocycles. The number of nitro benzene ring substituents is 1. The van der Waals surface area contributed by atoms with Crippen LogP contribution in [0.25, 0.3) is 0 Å². The van der Waals surface area contributed by atoms with Crippen LogP contribution in [0.15, 0.2) is 29.2 Å². The first-order chi connectivity index (χ1) is 8.28. The fourth-order valence-corrected chi connectivity index (χ4v) is 1.85. The molecule has 0 radical (unpaired) electrons. The van der Waals surface area contributed by atoms with Gasteiger partial charge in [-0.3, -0.25) is 14.9 Å². The maximum absolute atomic E-state index is 11.5. The molecule has 0 heterocycles. The molecule has 1 aromatic rings. The summed E-state index contributed by atoms with van der Waals surface area (Å²) in [5.41, 5.74) is -0.454. The molecule has 0 N–H and O–H groups in total. The number of rotatable bonds is 4. The first kappa shape index (κ1) is 14.5. The minimum atomic E-state index is -0.493. The van der Waals surface area contributed by atoms with Gasteiger partial charge in [-0.2, -0.15) is 0 Å². The second kappa shape index (κ2) is 5.86. The van der Waals surface area contributed by atoms with Crippen molar-refractivity contribution in [2.75, 3.05) is 5.75 Å². The third kappa shape index (κ3) is 5.18. The van der Waals surface area contributed by atoms with Gasteiger partial charge >= 0.3 is 5.97 Å². The minimum Gasteiger partial charge on any atom is -0.459 e. The predicted octanol–water partition coefficient (Wildman–Crippen LogP) is 3.03. The largest absolute Gasteiger partial charge is 0.459 e. The van der Waals surface area contributed by atoms with Crippen LogP contribution in [0.4, 0.5) is 5.69 Å². The van der Waals surface area contributed by atoms with Gasteiger partial charge in [0.1, 0.15) is 5.60 Å². The molecule has 0 spiro atoms. The van der Waals surface area contributed by atoms with Gasteiger partial charge < -0.3 is 4.74 Å². The van der Waals surface area contributed by atoms with E-state index in [2.05, 4.69) is 0 Å². The van der Waals surface area contributed by atoms with Gasteiger partial charge in [0.05, 0.1) is 10.7 Å². The molecule has 98 valence electrons. The molecule has 0 atom stereocenters. The third-order valence-electron chi connectivity index (χ3n) is 1.82. The van der Waals surface area contributed by atoms with Crippen molar-refractivity contribution in [3.8, 4) is 0 Å². The highest BCUT2D eigenvalue weighted by Gasteiger charge is 2.16. The van der Waals surface area contributed by atoms with Crippen LogP contribution in [0.2, 0.25) is 0 Å². The van der Waals surface area contributed by atoms with Gasteiger partial charge in [-0.1, -0.05) is 0 Å². The molecular formula is C12H15NO4S. The summed E-state index contributed by atoms with van der Waals surface area (Å²) in [5.74, 6) is -0.111. The maximum atomic E-state index is 11.5. The van der Waals surface area contributed by atoms with E-state index in [9.17, 15) is 14.9 Å². The second-order valence-corrected chi connectivity index (χ2v) is 5.67. The number of ether oxygens (including phenoxy) is 1. The molecule has 1 aromatic carbocycles. The lowest BCUT2D eigenvalue weighted by molar-refractivity contribution is -0.384. The first-order valence-electron chi connectivity index (χ1n) is 5.37. The van der Waals surface area contributed by atoms with Crippen LogP contribution in [0, 0.1) is 10.1 Å². The number of carbonyl (C=O) groups is 1. The summed E-state index contributed by atoms with van der Waals surface area (Å²) in [6, 6.07) is 6.06. The molecule has 1 rings (SSSR count). The highest BCUT2D eigenvalue weighted by molar-refractivity contribution is 8.00. The monoisotopic (exact) mass is 269 g/mol. The molecule has 0 bridgehead atoms. The molecular weight excluding hydrogens is 254 g/mol. The van der Waals surface area contributed by atoms with Gasteiger partial charge in [-0.25, -0.2) is 0 Å². The Kier molecular flexibility index (Phi) is 4.72. The summed E-state index contributed by atoms with van der Waals surface area (Å²) in [7, 11) is 0. The second-order valence-electron chi connectivity index (χ2n) is 4.63. The molecule has 0 aromatic heterocycles. The number of hydrogen-bond donors (Lipinski definition) is 0. The van der Waals surface area contributed by atoms with Gasteiger partial charge in [0.15, 0.2) is 0 Å². The number of non-ortho nitro benzene ring substituents is 1. The summed E-state index contributed by atoms with van der Waals surface area (Å²) in [4.78, 5) is 22.3. The van der Waals surface area contributed by atoms with E-state index in [1.165, 1.54) is 23.9 Å². The van der Waals surface area contributed by atoms with Crippen molar-refractivity contribution in [1.82, 2.24) is 0 Å². The van der Waals surface area contributed by atoms with Crippen molar-refractivity contribution in [1.29, 1.82) is 0 Å². The number of hydrogen-bond acceptors (Lipinski definition) is 5. The highest BCUT2D eigenvalue weighted by Crippen LogP contribution is 2.22. The lowest BCUT2D eigenvalue weighted by Gasteiger charge is -2.19. The predicted molar refractivity (Wildman–Crippen MR) is 69.7 cm³/mol. The summed E-state index contributed by atoms with van der Waals surface area (Å²) in [5, 5.41) is 10.5. The van der Waals surface area contributed by atoms with Crippen LogP contribution in [0.1, 0.15) is 20.8 Å². The zero-order valence-electron chi connectivity index (χ0n) is 10.5. The van der Waals surface area contributed by atoms with Crippen LogP contribution >= 0.6 is 11.8 Å². The molecule has 18 heavy (non-hydrogen) atoms. The Hall–Kier alpha value is -1.56. The highest BCUT2D eigenvalue weighted by atomic mass is 32.2. The topological polar surface area (TPSA) is 69.4 Å². The van der Waals surface area contributed by atoms with Gasteiger partial charge in [0.25, 0.3) is 5.69 Å². The Bertz CT molecular complexity index is 436. The van der Waals surface area contributed by atoms with E-state index in [0.717, 1.165) is 4.90 Å². The van der Waals surface area contributed by atoms with Crippen LogP contribution in [-0.2, 0) is 9.53 Å². The van der Waals surface area contributed by atoms with E-state index in [1.54, 1.807) is 32.9 Å². The molecule has 0 aliphatic heterocycles. The average molecular weight is 269 g/mol.